The Morgan fingerprint density at radius 2 is 1.48 bits per heavy atom. The molecule has 0 aromatic heterocycles. The van der Waals surface area contributed by atoms with Gasteiger partial charge < -0.3 is 5.32 Å². The van der Waals surface area contributed by atoms with Gasteiger partial charge in [0.2, 0.25) is 10.0 Å². The Balaban J connectivity index is 2.53. The summed E-state index contributed by atoms with van der Waals surface area (Å²) >= 11 is 0. The van der Waals surface area contributed by atoms with Gasteiger partial charge in [-0.15, -0.1) is 0 Å². The molecule has 9 heteroatoms. The van der Waals surface area contributed by atoms with Gasteiger partial charge in [0.25, 0.3) is 10.0 Å². The maximum atomic E-state index is 12.8. The summed E-state index contributed by atoms with van der Waals surface area (Å²) in [7, 11) is -4.72. The lowest BCUT2D eigenvalue weighted by molar-refractivity contribution is 0.521. The van der Waals surface area contributed by atoms with Gasteiger partial charge in [-0.1, -0.05) is 6.07 Å². The molecule has 0 saturated heterocycles. The monoisotopic (exact) mass is 411 g/mol. The minimum Gasteiger partial charge on any atom is -0.384 e. The highest BCUT2D eigenvalue weighted by atomic mass is 32.2. The molecule has 2 aromatic rings. The van der Waals surface area contributed by atoms with E-state index in [0.717, 1.165) is 15.4 Å². The second-order valence-corrected chi connectivity index (χ2v) is 10.2. The van der Waals surface area contributed by atoms with Crippen molar-refractivity contribution in [1.82, 2.24) is 4.31 Å². The van der Waals surface area contributed by atoms with E-state index in [2.05, 4.69) is 10.0 Å². The van der Waals surface area contributed by atoms with E-state index in [1.807, 2.05) is 20.8 Å². The number of nitrogens with one attached hydrogen (secondary N) is 2. The zero-order valence-electron chi connectivity index (χ0n) is 16.1. The molecule has 0 fully saturated rings. The molecule has 0 aliphatic heterocycles. The fraction of sp³-hybridized carbons (Fsp3) is 0.333. The van der Waals surface area contributed by atoms with Crippen LogP contribution in [0.5, 0.6) is 0 Å². The van der Waals surface area contributed by atoms with Gasteiger partial charge in [-0.2, -0.15) is 0 Å². The molecular formula is C18H25N3O4S2. The van der Waals surface area contributed by atoms with Crippen molar-refractivity contribution < 1.29 is 16.8 Å². The average molecular weight is 412 g/mol. The molecule has 0 radical (unpaired) electrons. The van der Waals surface area contributed by atoms with E-state index < -0.39 is 20.0 Å². The molecule has 7 nitrogen and oxygen atoms in total. The van der Waals surface area contributed by atoms with Gasteiger partial charge in [0.05, 0.1) is 21.2 Å². The molecule has 0 amide bonds. The molecule has 0 atom stereocenters. The minimum absolute atomic E-state index is 0.00643. The number of hydrogen-bond acceptors (Lipinski definition) is 5. The molecule has 148 valence electrons. The number of aryl methyl sites for hydroxylation is 2. The van der Waals surface area contributed by atoms with Gasteiger partial charge in [-0.25, -0.2) is 21.1 Å². The van der Waals surface area contributed by atoms with Crippen LogP contribution in [0, 0.1) is 13.8 Å². The summed E-state index contributed by atoms with van der Waals surface area (Å²) in [5, 5.41) is 3.04. The van der Waals surface area contributed by atoms with Crippen LogP contribution in [0.1, 0.15) is 18.1 Å². The normalized spacial score (nSPS) is 12.2. The van der Waals surface area contributed by atoms with Crippen molar-refractivity contribution in [3.05, 3.63) is 47.5 Å². The first kappa shape index (κ1) is 21.2. The van der Waals surface area contributed by atoms with Crippen LogP contribution in [0.2, 0.25) is 0 Å². The average Bonchev–Trinajstić information content (AvgIpc) is 2.58. The standard InChI is InChI=1S/C18H25N3O4S2/c1-6-19-17-10-9-16(27(24,25)21(4)5)12-18(17)20-26(22,23)15-8-7-13(2)14(3)11-15/h7-12,19-20H,6H2,1-5H3. The van der Waals surface area contributed by atoms with Crippen LogP contribution >= 0.6 is 0 Å². The summed E-state index contributed by atoms with van der Waals surface area (Å²) < 4.78 is 54.0. The van der Waals surface area contributed by atoms with Gasteiger partial charge in [0.15, 0.2) is 0 Å². The van der Waals surface area contributed by atoms with E-state index >= 15 is 0 Å². The summed E-state index contributed by atoms with van der Waals surface area (Å²) in [6.07, 6.45) is 0. The highest BCUT2D eigenvalue weighted by Gasteiger charge is 2.22. The van der Waals surface area contributed by atoms with Crippen molar-refractivity contribution in [1.29, 1.82) is 0 Å². The molecule has 0 saturated carbocycles. The summed E-state index contributed by atoms with van der Waals surface area (Å²) in [6, 6.07) is 9.18. The fourth-order valence-corrected chi connectivity index (χ4v) is 4.49. The Morgan fingerprint density at radius 1 is 0.852 bits per heavy atom. The molecule has 2 aromatic carbocycles. The SMILES string of the molecule is CCNc1ccc(S(=O)(=O)N(C)C)cc1NS(=O)(=O)c1ccc(C)c(C)c1. The lowest BCUT2D eigenvalue weighted by Crippen LogP contribution is -2.22. The first-order valence-corrected chi connectivity index (χ1v) is 11.3. The summed E-state index contributed by atoms with van der Waals surface area (Å²) in [4.78, 5) is 0.126. The lowest BCUT2D eigenvalue weighted by Gasteiger charge is -2.17. The van der Waals surface area contributed by atoms with Gasteiger partial charge in [-0.05, 0) is 62.2 Å². The fourth-order valence-electron chi connectivity index (χ4n) is 2.41. The van der Waals surface area contributed by atoms with Crippen LogP contribution in [-0.4, -0.2) is 41.8 Å². The van der Waals surface area contributed by atoms with E-state index in [4.69, 9.17) is 0 Å². The van der Waals surface area contributed by atoms with Crippen molar-refractivity contribution in [2.75, 3.05) is 30.7 Å². The summed E-state index contributed by atoms with van der Waals surface area (Å²) in [5.41, 5.74) is 2.52. The molecule has 2 rings (SSSR count). The first-order valence-electron chi connectivity index (χ1n) is 8.39. The zero-order valence-corrected chi connectivity index (χ0v) is 17.7. The maximum Gasteiger partial charge on any atom is 0.261 e. The van der Waals surface area contributed by atoms with Crippen molar-refractivity contribution in [2.24, 2.45) is 0 Å². The Bertz CT molecular complexity index is 1050. The van der Waals surface area contributed by atoms with Crippen LogP contribution < -0.4 is 10.0 Å². The molecule has 27 heavy (non-hydrogen) atoms. The molecule has 0 aliphatic carbocycles. The van der Waals surface area contributed by atoms with Gasteiger partial charge in [0.1, 0.15) is 0 Å². The predicted molar refractivity (Wildman–Crippen MR) is 108 cm³/mol. The molecule has 0 aliphatic rings. The van der Waals surface area contributed by atoms with Crippen molar-refractivity contribution in [2.45, 2.75) is 30.6 Å². The van der Waals surface area contributed by atoms with E-state index in [0.29, 0.717) is 12.2 Å². The highest BCUT2D eigenvalue weighted by Crippen LogP contribution is 2.29. The Labute approximate surface area is 161 Å². The van der Waals surface area contributed by atoms with Crippen LogP contribution in [0.25, 0.3) is 0 Å². The van der Waals surface area contributed by atoms with Gasteiger partial charge >= 0.3 is 0 Å². The second-order valence-electron chi connectivity index (χ2n) is 6.38. The van der Waals surface area contributed by atoms with Crippen LogP contribution in [0.3, 0.4) is 0 Å². The van der Waals surface area contributed by atoms with Crippen LogP contribution in [0.15, 0.2) is 46.2 Å². The quantitative estimate of drug-likeness (QED) is 0.730. The van der Waals surface area contributed by atoms with Crippen LogP contribution in [0.4, 0.5) is 11.4 Å². The molecule has 0 spiro atoms. The maximum absolute atomic E-state index is 12.8. The van der Waals surface area contributed by atoms with E-state index in [-0.39, 0.29) is 15.5 Å². The third-order valence-corrected chi connectivity index (χ3v) is 7.34. The Hall–Kier alpha value is -2.10. The topological polar surface area (TPSA) is 95.6 Å². The first-order chi connectivity index (χ1) is 12.5. The summed E-state index contributed by atoms with van der Waals surface area (Å²) in [5.74, 6) is 0. The highest BCUT2D eigenvalue weighted by molar-refractivity contribution is 7.92. The van der Waals surface area contributed by atoms with Crippen LogP contribution in [-0.2, 0) is 20.0 Å². The molecule has 0 heterocycles. The third kappa shape index (κ3) is 4.60. The number of hydrogen-bond donors (Lipinski definition) is 2. The summed E-state index contributed by atoms with van der Waals surface area (Å²) in [6.45, 7) is 6.16. The Morgan fingerprint density at radius 3 is 2.04 bits per heavy atom. The Kier molecular flexibility index (Phi) is 6.18. The number of sulfonamides is 2. The number of benzene rings is 2. The number of rotatable bonds is 7. The largest absolute Gasteiger partial charge is 0.384 e. The number of nitrogens with zero attached hydrogens (tertiary/aromatic N) is 1. The number of anilines is 2. The molecule has 2 N–H and O–H groups in total. The van der Waals surface area contributed by atoms with E-state index in [1.165, 1.54) is 32.3 Å². The predicted octanol–water partition coefficient (Wildman–Crippen LogP) is 2.79. The zero-order chi connectivity index (χ0) is 20.4. The van der Waals surface area contributed by atoms with E-state index in [9.17, 15) is 16.8 Å². The minimum atomic E-state index is -3.87. The molecule has 0 bridgehead atoms. The third-order valence-electron chi connectivity index (χ3n) is 4.17. The van der Waals surface area contributed by atoms with Gasteiger partial charge in [0, 0.05) is 20.6 Å². The lowest BCUT2D eigenvalue weighted by atomic mass is 10.1. The second kappa shape index (κ2) is 7.87. The smallest absolute Gasteiger partial charge is 0.261 e. The van der Waals surface area contributed by atoms with E-state index in [1.54, 1.807) is 18.2 Å². The molecular weight excluding hydrogens is 386 g/mol. The van der Waals surface area contributed by atoms with Crippen molar-refractivity contribution in [3.8, 4) is 0 Å². The van der Waals surface area contributed by atoms with Crippen molar-refractivity contribution >= 4 is 31.4 Å². The molecule has 0 unspecified atom stereocenters. The van der Waals surface area contributed by atoms with Crippen molar-refractivity contribution in [3.63, 3.8) is 0 Å². The van der Waals surface area contributed by atoms with Gasteiger partial charge in [-0.3, -0.25) is 4.72 Å².